The second-order valence-electron chi connectivity index (χ2n) is 8.36. The summed E-state index contributed by atoms with van der Waals surface area (Å²) in [6.07, 6.45) is 3.71. The van der Waals surface area contributed by atoms with E-state index in [1.165, 1.54) is 11.3 Å². The number of thiophene rings is 1. The number of aromatic nitrogens is 1. The minimum Gasteiger partial charge on any atom is -0.461 e. The second kappa shape index (κ2) is 10.8. The molecule has 34 heavy (non-hydrogen) atoms. The van der Waals surface area contributed by atoms with Crippen molar-refractivity contribution in [2.24, 2.45) is 17.6 Å². The normalized spacial score (nSPS) is 19.1. The molecule has 4 N–H and O–H groups in total. The zero-order valence-corrected chi connectivity index (χ0v) is 19.1. The Balaban J connectivity index is 1.27. The molecular weight excluding hydrogens is 460 g/mol. The number of esters is 1. The predicted octanol–water partition coefficient (Wildman–Crippen LogP) is 3.05. The molecule has 1 saturated carbocycles. The molecule has 0 amide bonds. The maximum atomic E-state index is 12.2. The van der Waals surface area contributed by atoms with Gasteiger partial charge in [0.25, 0.3) is 5.09 Å². The van der Waals surface area contributed by atoms with Gasteiger partial charge in [-0.25, -0.2) is 0 Å². The van der Waals surface area contributed by atoms with Crippen molar-refractivity contribution in [1.29, 1.82) is 0 Å². The highest BCUT2D eigenvalue weighted by atomic mass is 32.1. The van der Waals surface area contributed by atoms with Gasteiger partial charge in [0, 0.05) is 24.9 Å². The number of nitrogens with two attached hydrogens (primary N) is 1. The Hall–Kier alpha value is -3.28. The maximum Gasteiger partial charge on any atom is 0.309 e. The van der Waals surface area contributed by atoms with Crippen LogP contribution in [0.25, 0.3) is 10.1 Å². The molecule has 0 saturated heterocycles. The fraction of sp³-hybridized carbons (Fsp3) is 0.391. The van der Waals surface area contributed by atoms with Gasteiger partial charge in [0.05, 0.1) is 22.2 Å². The van der Waals surface area contributed by atoms with Crippen molar-refractivity contribution in [3.63, 3.8) is 0 Å². The lowest BCUT2D eigenvalue weighted by molar-refractivity contribution is -0.759. The van der Waals surface area contributed by atoms with E-state index < -0.39 is 11.3 Å². The maximum absolute atomic E-state index is 12.2. The highest BCUT2D eigenvalue weighted by Crippen LogP contribution is 2.35. The third-order valence-corrected chi connectivity index (χ3v) is 7.04. The van der Waals surface area contributed by atoms with E-state index in [2.05, 4.69) is 15.1 Å². The number of hydrogen-bond donors (Lipinski definition) is 3. The Bertz CT molecular complexity index is 1100. The summed E-state index contributed by atoms with van der Waals surface area (Å²) in [6, 6.07) is 11.3. The molecule has 4 rings (SSSR count). The summed E-state index contributed by atoms with van der Waals surface area (Å²) in [5.41, 5.74) is 7.64. The number of aliphatic hydroxyl groups excluding tert-OH is 1. The molecule has 0 radical (unpaired) electrons. The molecule has 0 bridgehead atoms. The number of benzene rings is 1. The number of pyridine rings is 1. The zero-order valence-electron chi connectivity index (χ0n) is 18.3. The van der Waals surface area contributed by atoms with Gasteiger partial charge < -0.3 is 25.7 Å². The SMILES string of the molecule is NC[C@H](c1ccc(COC(=O)C2CC(CO[N+](=O)[O-])C2)cc1)[C@H](O)Nc1cc2ccncc2s1. The van der Waals surface area contributed by atoms with Crippen LogP contribution in [0.3, 0.4) is 0 Å². The third-order valence-electron chi connectivity index (χ3n) is 6.02. The summed E-state index contributed by atoms with van der Waals surface area (Å²) in [4.78, 5) is 30.9. The van der Waals surface area contributed by atoms with Gasteiger partial charge in [0.15, 0.2) is 0 Å². The van der Waals surface area contributed by atoms with Crippen molar-refractivity contribution in [2.75, 3.05) is 18.5 Å². The average molecular weight is 487 g/mol. The van der Waals surface area contributed by atoms with Crippen molar-refractivity contribution in [3.05, 3.63) is 70.0 Å². The van der Waals surface area contributed by atoms with E-state index in [0.29, 0.717) is 12.8 Å². The van der Waals surface area contributed by atoms with E-state index in [1.54, 1.807) is 12.4 Å². The van der Waals surface area contributed by atoms with Crippen LogP contribution >= 0.6 is 11.3 Å². The van der Waals surface area contributed by atoms with Crippen molar-refractivity contribution < 1.29 is 24.6 Å². The number of anilines is 1. The van der Waals surface area contributed by atoms with Gasteiger partial charge in [-0.1, -0.05) is 24.3 Å². The van der Waals surface area contributed by atoms with E-state index in [0.717, 1.165) is 26.2 Å². The third kappa shape index (κ3) is 5.79. The molecular formula is C23H26N4O6S. The lowest BCUT2D eigenvalue weighted by atomic mass is 9.75. The quantitative estimate of drug-likeness (QED) is 0.161. The molecule has 2 aromatic heterocycles. The Kier molecular flexibility index (Phi) is 7.56. The molecule has 10 nitrogen and oxygen atoms in total. The number of ether oxygens (including phenoxy) is 1. The molecule has 1 aliphatic carbocycles. The van der Waals surface area contributed by atoms with Crippen LogP contribution in [0.5, 0.6) is 0 Å². The van der Waals surface area contributed by atoms with Gasteiger partial charge in [0.1, 0.15) is 12.8 Å². The summed E-state index contributed by atoms with van der Waals surface area (Å²) >= 11 is 1.51. The number of nitrogens with zero attached hydrogens (tertiary/aromatic N) is 2. The minimum atomic E-state index is -0.874. The second-order valence-corrected chi connectivity index (χ2v) is 9.44. The van der Waals surface area contributed by atoms with Gasteiger partial charge in [-0.15, -0.1) is 21.5 Å². The van der Waals surface area contributed by atoms with Crippen molar-refractivity contribution in [1.82, 2.24) is 4.98 Å². The number of carbonyl (C=O) groups is 1. The molecule has 2 atom stereocenters. The minimum absolute atomic E-state index is 0.0136. The van der Waals surface area contributed by atoms with E-state index >= 15 is 0 Å². The van der Waals surface area contributed by atoms with Gasteiger partial charge >= 0.3 is 5.97 Å². The monoisotopic (exact) mass is 486 g/mol. The van der Waals surface area contributed by atoms with Crippen LogP contribution in [0.2, 0.25) is 0 Å². The zero-order chi connectivity index (χ0) is 24.1. The first kappa shape index (κ1) is 23.9. The Labute approximate surface area is 199 Å². The number of fused-ring (bicyclic) bond motifs is 1. The highest BCUT2D eigenvalue weighted by molar-refractivity contribution is 7.22. The molecule has 11 heteroatoms. The first-order chi connectivity index (χ1) is 16.4. The van der Waals surface area contributed by atoms with Gasteiger partial charge in [-0.2, -0.15) is 0 Å². The summed E-state index contributed by atoms with van der Waals surface area (Å²) in [5.74, 6) is -0.862. The van der Waals surface area contributed by atoms with E-state index in [4.69, 9.17) is 10.5 Å². The van der Waals surface area contributed by atoms with Crippen molar-refractivity contribution in [2.45, 2.75) is 31.6 Å². The first-order valence-electron chi connectivity index (χ1n) is 10.9. The Morgan fingerprint density at radius 3 is 2.76 bits per heavy atom. The molecule has 0 unspecified atom stereocenters. The number of carbonyl (C=O) groups excluding carboxylic acids is 1. The van der Waals surface area contributed by atoms with Crippen LogP contribution in [-0.4, -0.2) is 40.5 Å². The molecule has 2 heterocycles. The van der Waals surface area contributed by atoms with Crippen LogP contribution in [-0.2, 0) is 21.0 Å². The summed E-state index contributed by atoms with van der Waals surface area (Å²) in [5, 5.41) is 25.2. The lowest BCUT2D eigenvalue weighted by Gasteiger charge is -2.32. The van der Waals surface area contributed by atoms with Crippen molar-refractivity contribution in [3.8, 4) is 0 Å². The number of aliphatic hydroxyl groups is 1. The molecule has 3 aromatic rings. The fourth-order valence-electron chi connectivity index (χ4n) is 4.01. The molecule has 1 aliphatic rings. The standard InChI is InChI=1S/C23H26N4O6S/c24-10-19(22(28)26-21-9-17-5-6-25-11-20(17)34-21)16-3-1-14(2-4-16)12-32-23(29)18-7-15(8-18)13-33-27(30)31/h1-6,9,11,15,18-19,22,26,28H,7-8,10,12-13,24H2/t15?,18?,19-,22+/m1/s1. The molecule has 180 valence electrons. The summed E-state index contributed by atoms with van der Waals surface area (Å²) < 4.78 is 6.41. The molecule has 1 aromatic carbocycles. The highest BCUT2D eigenvalue weighted by Gasteiger charge is 2.36. The average Bonchev–Trinajstić information content (AvgIpc) is 3.20. The first-order valence-corrected chi connectivity index (χ1v) is 11.8. The number of rotatable bonds is 11. The van der Waals surface area contributed by atoms with Gasteiger partial charge in [-0.3, -0.25) is 9.78 Å². The van der Waals surface area contributed by atoms with Crippen LogP contribution in [0, 0.1) is 22.0 Å². The lowest BCUT2D eigenvalue weighted by Crippen LogP contribution is -2.34. The number of hydrogen-bond acceptors (Lipinski definition) is 10. The largest absolute Gasteiger partial charge is 0.461 e. The van der Waals surface area contributed by atoms with Gasteiger partial charge in [0.2, 0.25) is 0 Å². The smallest absolute Gasteiger partial charge is 0.309 e. The molecule has 1 fully saturated rings. The predicted molar refractivity (Wildman–Crippen MR) is 126 cm³/mol. The molecule has 0 spiro atoms. The van der Waals surface area contributed by atoms with E-state index in [-0.39, 0.29) is 43.5 Å². The summed E-state index contributed by atoms with van der Waals surface area (Å²) in [6.45, 7) is 0.398. The van der Waals surface area contributed by atoms with Gasteiger partial charge in [-0.05, 0) is 47.4 Å². The topological polar surface area (TPSA) is 150 Å². The Morgan fingerprint density at radius 1 is 1.32 bits per heavy atom. The van der Waals surface area contributed by atoms with Crippen LogP contribution in [0.4, 0.5) is 5.00 Å². The Morgan fingerprint density at radius 2 is 2.09 bits per heavy atom. The van der Waals surface area contributed by atoms with Crippen molar-refractivity contribution >= 4 is 32.4 Å². The number of nitrogens with one attached hydrogen (secondary N) is 1. The van der Waals surface area contributed by atoms with Crippen LogP contribution in [0.15, 0.2) is 48.8 Å². The summed E-state index contributed by atoms with van der Waals surface area (Å²) in [7, 11) is 0. The van der Waals surface area contributed by atoms with Crippen LogP contribution < -0.4 is 11.1 Å². The molecule has 0 aliphatic heterocycles. The van der Waals surface area contributed by atoms with Crippen LogP contribution in [0.1, 0.15) is 29.9 Å². The fourth-order valence-corrected chi connectivity index (χ4v) is 4.97. The van der Waals surface area contributed by atoms with E-state index in [1.807, 2.05) is 36.4 Å². The van der Waals surface area contributed by atoms with E-state index in [9.17, 15) is 20.0 Å².